The lowest BCUT2D eigenvalue weighted by Crippen LogP contribution is -2.62. The van der Waals surface area contributed by atoms with Gasteiger partial charge in [-0.15, -0.1) is 10.2 Å². The summed E-state index contributed by atoms with van der Waals surface area (Å²) >= 11 is 6.32. The van der Waals surface area contributed by atoms with E-state index in [-0.39, 0.29) is 17.3 Å². The van der Waals surface area contributed by atoms with Gasteiger partial charge in [0.05, 0.1) is 36.2 Å². The second-order valence-electron chi connectivity index (χ2n) is 9.86. The van der Waals surface area contributed by atoms with Crippen LogP contribution in [0.4, 0.5) is 10.3 Å². The second kappa shape index (κ2) is 7.72. The third-order valence-electron chi connectivity index (χ3n) is 7.46. The van der Waals surface area contributed by atoms with Crippen LogP contribution in [-0.2, 0) is 13.1 Å². The zero-order valence-corrected chi connectivity index (χ0v) is 19.8. The third kappa shape index (κ3) is 3.36. The van der Waals surface area contributed by atoms with Gasteiger partial charge in [0, 0.05) is 36.0 Å². The van der Waals surface area contributed by atoms with Crippen molar-refractivity contribution in [1.29, 1.82) is 5.26 Å². The van der Waals surface area contributed by atoms with Gasteiger partial charge < -0.3 is 4.90 Å². The molecule has 1 spiro atoms. The number of hydrogen-bond donors (Lipinski definition) is 0. The Hall–Kier alpha value is -3.09. The van der Waals surface area contributed by atoms with Crippen LogP contribution in [0.5, 0.6) is 0 Å². The van der Waals surface area contributed by atoms with Crippen LogP contribution in [-0.4, -0.2) is 48.8 Å². The van der Waals surface area contributed by atoms with Crippen LogP contribution >= 0.6 is 11.6 Å². The molecule has 1 unspecified atom stereocenters. The number of anilines is 1. The maximum Gasteiger partial charge on any atom is 0.225 e. The molecule has 34 heavy (non-hydrogen) atoms. The zero-order valence-electron chi connectivity index (χ0n) is 19.0. The molecule has 0 amide bonds. The fourth-order valence-electron chi connectivity index (χ4n) is 5.59. The monoisotopic (exact) mass is 478 g/mol. The summed E-state index contributed by atoms with van der Waals surface area (Å²) in [5.41, 5.74) is 2.71. The summed E-state index contributed by atoms with van der Waals surface area (Å²) in [6.07, 6.45) is 3.28. The first-order chi connectivity index (χ1) is 16.4. The average molecular weight is 479 g/mol. The number of rotatable bonds is 3. The van der Waals surface area contributed by atoms with Crippen LogP contribution in [0.15, 0.2) is 24.4 Å². The molecular formula is C24H24ClFN8. The largest absolute Gasteiger partial charge is 0.340 e. The molecule has 4 heterocycles. The van der Waals surface area contributed by atoms with Crippen LogP contribution < -0.4 is 4.90 Å². The Balaban J connectivity index is 1.24. The lowest BCUT2D eigenvalue weighted by Gasteiger charge is -2.58. The van der Waals surface area contributed by atoms with Crippen LogP contribution in [0, 0.1) is 29.5 Å². The molecule has 174 valence electrons. The van der Waals surface area contributed by atoms with E-state index in [1.54, 1.807) is 6.92 Å². The number of hydrogen-bond acceptors (Lipinski definition) is 7. The van der Waals surface area contributed by atoms with Crippen LogP contribution in [0.25, 0.3) is 5.69 Å². The van der Waals surface area contributed by atoms with Gasteiger partial charge in [0.1, 0.15) is 5.82 Å². The van der Waals surface area contributed by atoms with E-state index < -0.39 is 0 Å². The fraction of sp³-hybridized carbons (Fsp3) is 0.458. The summed E-state index contributed by atoms with van der Waals surface area (Å²) in [7, 11) is 0. The van der Waals surface area contributed by atoms with E-state index in [2.05, 4.69) is 40.6 Å². The number of aromatic nitrogens is 5. The highest BCUT2D eigenvalue weighted by molar-refractivity contribution is 6.30. The van der Waals surface area contributed by atoms with E-state index in [9.17, 15) is 9.65 Å². The number of nitrogens with zero attached hydrogens (tertiary/aromatic N) is 8. The van der Waals surface area contributed by atoms with Crippen molar-refractivity contribution in [3.8, 4) is 11.8 Å². The van der Waals surface area contributed by atoms with Gasteiger partial charge in [0.15, 0.2) is 11.6 Å². The van der Waals surface area contributed by atoms with Gasteiger partial charge in [-0.05, 0) is 50.5 Å². The predicted molar refractivity (Wildman–Crippen MR) is 124 cm³/mol. The molecule has 0 N–H and O–H groups in total. The highest BCUT2D eigenvalue weighted by Gasteiger charge is 2.54. The first-order valence-corrected chi connectivity index (χ1v) is 11.8. The number of halogens is 2. The Bertz CT molecular complexity index is 1320. The van der Waals surface area contributed by atoms with Gasteiger partial charge in [0.25, 0.3) is 0 Å². The summed E-state index contributed by atoms with van der Waals surface area (Å²) in [5, 5.41) is 19.3. The summed E-state index contributed by atoms with van der Waals surface area (Å²) < 4.78 is 15.7. The van der Waals surface area contributed by atoms with Crippen molar-refractivity contribution >= 4 is 17.5 Å². The number of fused-ring (bicyclic) bond motifs is 3. The number of aryl methyl sites for hydroxylation is 1. The van der Waals surface area contributed by atoms with Gasteiger partial charge >= 0.3 is 0 Å². The molecule has 0 bridgehead atoms. The van der Waals surface area contributed by atoms with Crippen LogP contribution in [0.3, 0.4) is 0 Å². The van der Waals surface area contributed by atoms with Gasteiger partial charge in [-0.1, -0.05) is 11.6 Å². The fourth-order valence-corrected chi connectivity index (χ4v) is 5.79. The molecule has 0 radical (unpaired) electrons. The quantitative estimate of drug-likeness (QED) is 0.566. The van der Waals surface area contributed by atoms with Crippen molar-refractivity contribution in [2.75, 3.05) is 18.0 Å². The highest BCUT2D eigenvalue weighted by atomic mass is 35.5. The van der Waals surface area contributed by atoms with E-state index in [1.165, 1.54) is 6.20 Å². The van der Waals surface area contributed by atoms with Gasteiger partial charge in [-0.2, -0.15) is 5.26 Å². The van der Waals surface area contributed by atoms with E-state index in [4.69, 9.17) is 11.6 Å². The number of nitriles is 1. The molecule has 1 aliphatic carbocycles. The Morgan fingerprint density at radius 2 is 2.03 bits per heavy atom. The topological polar surface area (TPSA) is 86.8 Å². The molecule has 8 nitrogen and oxygen atoms in total. The normalized spacial score (nSPS) is 20.0. The molecule has 6 rings (SSSR count). The maximum atomic E-state index is 13.5. The molecule has 2 fully saturated rings. The number of benzene rings is 1. The molecule has 3 aliphatic rings. The smallest absolute Gasteiger partial charge is 0.225 e. The molecule has 1 aromatic carbocycles. The lowest BCUT2D eigenvalue weighted by atomic mass is 9.57. The minimum atomic E-state index is -0.375. The highest BCUT2D eigenvalue weighted by Crippen LogP contribution is 2.56. The minimum absolute atomic E-state index is 0.220. The summed E-state index contributed by atoms with van der Waals surface area (Å²) in [4.78, 5) is 12.7. The average Bonchev–Trinajstić information content (AvgIpc) is 3.08. The van der Waals surface area contributed by atoms with E-state index >= 15 is 0 Å². The maximum absolute atomic E-state index is 13.5. The molecule has 10 heteroatoms. The van der Waals surface area contributed by atoms with Crippen LogP contribution in [0.1, 0.15) is 48.6 Å². The van der Waals surface area contributed by atoms with E-state index in [0.29, 0.717) is 35.7 Å². The Morgan fingerprint density at radius 3 is 2.76 bits per heavy atom. The lowest BCUT2D eigenvalue weighted by molar-refractivity contribution is 0.0574. The zero-order chi connectivity index (χ0) is 23.6. The summed E-state index contributed by atoms with van der Waals surface area (Å²) in [6.45, 7) is 6.50. The minimum Gasteiger partial charge on any atom is -0.340 e. The third-order valence-corrected chi connectivity index (χ3v) is 7.69. The molecular weight excluding hydrogens is 455 g/mol. The Kier molecular flexibility index (Phi) is 4.87. The predicted octanol–water partition coefficient (Wildman–Crippen LogP) is 3.77. The van der Waals surface area contributed by atoms with Crippen molar-refractivity contribution in [3.63, 3.8) is 0 Å². The van der Waals surface area contributed by atoms with Crippen molar-refractivity contribution in [1.82, 2.24) is 29.6 Å². The van der Waals surface area contributed by atoms with Crippen molar-refractivity contribution in [2.45, 2.75) is 51.7 Å². The molecule has 1 atom stereocenters. The summed E-state index contributed by atoms with van der Waals surface area (Å²) in [5.74, 6) is 2.36. The first-order valence-electron chi connectivity index (χ1n) is 11.5. The van der Waals surface area contributed by atoms with E-state index in [0.717, 1.165) is 48.8 Å². The van der Waals surface area contributed by atoms with Crippen molar-refractivity contribution in [2.24, 2.45) is 5.41 Å². The van der Waals surface area contributed by atoms with Crippen molar-refractivity contribution < 1.29 is 4.39 Å². The molecule has 2 aromatic heterocycles. The first kappa shape index (κ1) is 21.4. The Morgan fingerprint density at radius 1 is 1.24 bits per heavy atom. The van der Waals surface area contributed by atoms with Crippen molar-refractivity contribution in [3.05, 3.63) is 58.1 Å². The SMILES string of the molecule is Cc1nc(N2CC3(CC(c4nnc5n4-c4ccc(Cl)cc4CN(C(C)C#N)C5)C3)C2)ncc1F. The molecule has 1 saturated heterocycles. The van der Waals surface area contributed by atoms with E-state index in [1.807, 2.05) is 25.1 Å². The van der Waals surface area contributed by atoms with Crippen LogP contribution in [0.2, 0.25) is 5.02 Å². The summed E-state index contributed by atoms with van der Waals surface area (Å²) in [6, 6.07) is 8.00. The van der Waals surface area contributed by atoms with Gasteiger partial charge in [-0.3, -0.25) is 9.47 Å². The second-order valence-corrected chi connectivity index (χ2v) is 10.3. The standard InChI is InChI=1S/C24H24ClFN8/c1-14(8-27)32-10-16-5-18(25)3-4-20(16)34-21(11-32)30-31-22(34)17-6-24(7-17)12-33(13-24)23-28-9-19(26)15(2)29-23/h3-5,9,14,17H,6-7,10-13H2,1-2H3. The molecule has 1 saturated carbocycles. The molecule has 3 aromatic rings. The van der Waals surface area contributed by atoms with Gasteiger partial charge in [-0.25, -0.2) is 14.4 Å². The Labute approximate surface area is 202 Å². The van der Waals surface area contributed by atoms with Gasteiger partial charge in [0.2, 0.25) is 5.95 Å². The molecule has 2 aliphatic heterocycles.